The molecule has 29 heavy (non-hydrogen) atoms. The Balaban J connectivity index is 1.52. The number of amides is 1. The van der Waals surface area contributed by atoms with E-state index in [1.807, 2.05) is 18.2 Å². The van der Waals surface area contributed by atoms with Crippen LogP contribution in [0, 0.1) is 12.7 Å². The molecular formula is C24H21FN2OS. The molecule has 0 radical (unpaired) electrons. The fourth-order valence-electron chi connectivity index (χ4n) is 3.34. The van der Waals surface area contributed by atoms with E-state index >= 15 is 0 Å². The van der Waals surface area contributed by atoms with Crippen molar-refractivity contribution in [2.24, 2.45) is 0 Å². The van der Waals surface area contributed by atoms with Gasteiger partial charge in [-0.3, -0.25) is 4.79 Å². The molecule has 3 nitrogen and oxygen atoms in total. The number of carbonyl (C=O) groups is 1. The van der Waals surface area contributed by atoms with Gasteiger partial charge in [0.2, 0.25) is 5.91 Å². The maximum absolute atomic E-state index is 13.3. The molecule has 4 aromatic rings. The van der Waals surface area contributed by atoms with E-state index < -0.39 is 0 Å². The number of benzene rings is 3. The van der Waals surface area contributed by atoms with Crippen LogP contribution in [0.2, 0.25) is 0 Å². The first kappa shape index (κ1) is 19.3. The Morgan fingerprint density at radius 2 is 1.83 bits per heavy atom. The maximum Gasteiger partial charge on any atom is 0.234 e. The average molecular weight is 405 g/mol. The van der Waals surface area contributed by atoms with Crippen molar-refractivity contribution < 1.29 is 9.18 Å². The van der Waals surface area contributed by atoms with Gasteiger partial charge < -0.3 is 9.88 Å². The summed E-state index contributed by atoms with van der Waals surface area (Å²) < 4.78 is 15.5. The number of thioether (sulfide) groups is 1. The Labute approximate surface area is 173 Å². The van der Waals surface area contributed by atoms with Crippen LogP contribution in [0.5, 0.6) is 0 Å². The van der Waals surface area contributed by atoms with E-state index in [4.69, 9.17) is 0 Å². The lowest BCUT2D eigenvalue weighted by Gasteiger charge is -2.08. The summed E-state index contributed by atoms with van der Waals surface area (Å²) in [5.74, 6) is -0.263. The number of hydrogen-bond acceptors (Lipinski definition) is 2. The Kier molecular flexibility index (Phi) is 5.67. The molecule has 0 aliphatic carbocycles. The molecule has 5 heteroatoms. The Bertz CT molecular complexity index is 1170. The molecule has 3 aromatic carbocycles. The first-order valence-electron chi connectivity index (χ1n) is 9.41. The summed E-state index contributed by atoms with van der Waals surface area (Å²) in [7, 11) is 0. The third-order valence-electron chi connectivity index (χ3n) is 4.82. The van der Waals surface area contributed by atoms with Crippen LogP contribution in [-0.2, 0) is 11.3 Å². The second-order valence-corrected chi connectivity index (χ2v) is 7.93. The second kappa shape index (κ2) is 8.53. The van der Waals surface area contributed by atoms with Gasteiger partial charge >= 0.3 is 0 Å². The van der Waals surface area contributed by atoms with Crippen molar-refractivity contribution in [3.05, 3.63) is 95.9 Å². The van der Waals surface area contributed by atoms with Gasteiger partial charge in [0.15, 0.2) is 0 Å². The van der Waals surface area contributed by atoms with Crippen LogP contribution in [-0.4, -0.2) is 16.2 Å². The zero-order valence-corrected chi connectivity index (χ0v) is 16.9. The second-order valence-electron chi connectivity index (χ2n) is 6.91. The predicted molar refractivity (Wildman–Crippen MR) is 118 cm³/mol. The molecule has 1 amide bonds. The molecule has 0 spiro atoms. The standard InChI is InChI=1S/C24H21FN2OS/c1-17-7-2-3-8-18(17)14-27-15-23(21-11-4-5-12-22(21)27)29-16-24(28)26-20-10-6-9-19(25)13-20/h2-13,15H,14,16H2,1H3,(H,26,28). The molecule has 4 rings (SSSR count). The minimum Gasteiger partial charge on any atom is -0.342 e. The van der Waals surface area contributed by atoms with Crippen molar-refractivity contribution in [3.8, 4) is 0 Å². The third-order valence-corrected chi connectivity index (χ3v) is 5.86. The third kappa shape index (κ3) is 4.51. The van der Waals surface area contributed by atoms with Crippen LogP contribution < -0.4 is 5.32 Å². The number of para-hydroxylation sites is 1. The highest BCUT2D eigenvalue weighted by Gasteiger charge is 2.12. The zero-order valence-electron chi connectivity index (χ0n) is 16.1. The molecular weight excluding hydrogens is 383 g/mol. The van der Waals surface area contributed by atoms with Crippen LogP contribution >= 0.6 is 11.8 Å². The summed E-state index contributed by atoms with van der Waals surface area (Å²) in [5.41, 5.74) is 4.14. The number of aromatic nitrogens is 1. The van der Waals surface area contributed by atoms with E-state index in [1.165, 1.54) is 35.0 Å². The van der Waals surface area contributed by atoms with E-state index in [-0.39, 0.29) is 17.5 Å². The first-order valence-corrected chi connectivity index (χ1v) is 10.4. The smallest absolute Gasteiger partial charge is 0.234 e. The first-order chi connectivity index (χ1) is 14.1. The summed E-state index contributed by atoms with van der Waals surface area (Å²) in [6.07, 6.45) is 2.11. The summed E-state index contributed by atoms with van der Waals surface area (Å²) >= 11 is 1.49. The molecule has 0 unspecified atom stereocenters. The van der Waals surface area contributed by atoms with Crippen molar-refractivity contribution >= 4 is 34.3 Å². The van der Waals surface area contributed by atoms with Crippen molar-refractivity contribution in [1.82, 2.24) is 4.57 Å². The topological polar surface area (TPSA) is 34.0 Å². The molecule has 0 bridgehead atoms. The molecule has 1 heterocycles. The number of hydrogen-bond donors (Lipinski definition) is 1. The predicted octanol–water partition coefficient (Wildman–Crippen LogP) is 5.87. The Hall–Kier alpha value is -3.05. The molecule has 0 atom stereocenters. The minimum atomic E-state index is -0.366. The molecule has 0 aliphatic rings. The van der Waals surface area contributed by atoms with Gasteiger partial charge in [-0.15, -0.1) is 11.8 Å². The molecule has 1 N–H and O–H groups in total. The molecule has 0 saturated heterocycles. The van der Waals surface area contributed by atoms with Gasteiger partial charge in [-0.05, 0) is 42.3 Å². The average Bonchev–Trinajstić information content (AvgIpc) is 3.06. The lowest BCUT2D eigenvalue weighted by Crippen LogP contribution is -2.13. The largest absolute Gasteiger partial charge is 0.342 e. The molecule has 0 fully saturated rings. The van der Waals surface area contributed by atoms with Crippen molar-refractivity contribution in [2.75, 3.05) is 11.1 Å². The normalized spacial score (nSPS) is 11.0. The van der Waals surface area contributed by atoms with Gasteiger partial charge in [0.05, 0.1) is 5.75 Å². The zero-order chi connectivity index (χ0) is 20.2. The number of aryl methyl sites for hydroxylation is 1. The van der Waals surface area contributed by atoms with Gasteiger partial charge in [-0.25, -0.2) is 4.39 Å². The summed E-state index contributed by atoms with van der Waals surface area (Å²) in [6.45, 7) is 2.90. The summed E-state index contributed by atoms with van der Waals surface area (Å²) in [5, 5.41) is 3.88. The highest BCUT2D eigenvalue weighted by Crippen LogP contribution is 2.31. The quantitative estimate of drug-likeness (QED) is 0.408. The van der Waals surface area contributed by atoms with Crippen LogP contribution in [0.1, 0.15) is 11.1 Å². The van der Waals surface area contributed by atoms with Crippen LogP contribution in [0.4, 0.5) is 10.1 Å². The minimum absolute atomic E-state index is 0.156. The number of nitrogens with zero attached hydrogens (tertiary/aromatic N) is 1. The van der Waals surface area contributed by atoms with Gasteiger partial charge in [0.1, 0.15) is 5.82 Å². The van der Waals surface area contributed by atoms with E-state index in [9.17, 15) is 9.18 Å². The molecule has 0 aliphatic heterocycles. The number of anilines is 1. The highest BCUT2D eigenvalue weighted by atomic mass is 32.2. The van der Waals surface area contributed by atoms with Crippen LogP contribution in [0.25, 0.3) is 10.9 Å². The number of halogens is 1. The lowest BCUT2D eigenvalue weighted by molar-refractivity contribution is -0.113. The molecule has 1 aromatic heterocycles. The van der Waals surface area contributed by atoms with Gasteiger partial charge in [0.25, 0.3) is 0 Å². The number of carbonyl (C=O) groups excluding carboxylic acids is 1. The van der Waals surface area contributed by atoms with E-state index in [0.717, 1.165) is 22.3 Å². The fraction of sp³-hybridized carbons (Fsp3) is 0.125. The van der Waals surface area contributed by atoms with Crippen molar-refractivity contribution in [1.29, 1.82) is 0 Å². The van der Waals surface area contributed by atoms with E-state index in [1.54, 1.807) is 12.1 Å². The monoisotopic (exact) mass is 404 g/mol. The number of fused-ring (bicyclic) bond motifs is 1. The number of rotatable bonds is 6. The lowest BCUT2D eigenvalue weighted by atomic mass is 10.1. The summed E-state index contributed by atoms with van der Waals surface area (Å²) in [4.78, 5) is 13.4. The molecule has 146 valence electrons. The van der Waals surface area contributed by atoms with Crippen LogP contribution in [0.15, 0.2) is 83.9 Å². The van der Waals surface area contributed by atoms with Gasteiger partial charge in [-0.2, -0.15) is 0 Å². The van der Waals surface area contributed by atoms with Gasteiger partial charge in [-0.1, -0.05) is 48.5 Å². The summed E-state index contributed by atoms with van der Waals surface area (Å²) in [6, 6.07) is 22.5. The SMILES string of the molecule is Cc1ccccc1Cn1cc(SCC(=O)Nc2cccc(F)c2)c2ccccc21. The fourth-order valence-corrected chi connectivity index (χ4v) is 4.23. The number of nitrogens with one attached hydrogen (secondary N) is 1. The van der Waals surface area contributed by atoms with Crippen LogP contribution in [0.3, 0.4) is 0 Å². The Morgan fingerprint density at radius 3 is 2.66 bits per heavy atom. The van der Waals surface area contributed by atoms with E-state index in [0.29, 0.717) is 5.69 Å². The maximum atomic E-state index is 13.3. The van der Waals surface area contributed by atoms with Gasteiger partial charge in [0, 0.05) is 34.2 Å². The highest BCUT2D eigenvalue weighted by molar-refractivity contribution is 8.00. The van der Waals surface area contributed by atoms with Crippen molar-refractivity contribution in [3.63, 3.8) is 0 Å². The van der Waals surface area contributed by atoms with E-state index in [2.05, 4.69) is 53.3 Å². The Morgan fingerprint density at radius 1 is 1.03 bits per heavy atom. The molecule has 0 saturated carbocycles. The van der Waals surface area contributed by atoms with Crippen molar-refractivity contribution in [2.45, 2.75) is 18.4 Å².